The SMILES string of the molecule is COc1ccc(Nc2c(NCCNc3cc(N4CCCC4)nc(N4CCCC4)n3)c(=O)c2=O)cc1. The van der Waals surface area contributed by atoms with Crippen LogP contribution >= 0.6 is 0 Å². The third-order valence-electron chi connectivity index (χ3n) is 6.52. The second kappa shape index (κ2) is 10.2. The molecule has 2 aliphatic rings. The van der Waals surface area contributed by atoms with Crippen LogP contribution in [0.15, 0.2) is 39.9 Å². The minimum Gasteiger partial charge on any atom is -0.497 e. The van der Waals surface area contributed by atoms with Gasteiger partial charge in [-0.25, -0.2) is 0 Å². The van der Waals surface area contributed by atoms with Gasteiger partial charge in [0, 0.05) is 51.0 Å². The molecule has 0 bridgehead atoms. The van der Waals surface area contributed by atoms with Gasteiger partial charge in [0.05, 0.1) is 7.11 Å². The molecule has 0 atom stereocenters. The lowest BCUT2D eigenvalue weighted by molar-refractivity contribution is 0.415. The molecule has 0 unspecified atom stereocenters. The van der Waals surface area contributed by atoms with E-state index < -0.39 is 10.9 Å². The second-order valence-electron chi connectivity index (χ2n) is 8.91. The maximum absolute atomic E-state index is 12.1. The first-order valence-corrected chi connectivity index (χ1v) is 12.2. The van der Waals surface area contributed by atoms with Gasteiger partial charge in [-0.05, 0) is 49.9 Å². The molecular formula is C25H31N7O3. The van der Waals surface area contributed by atoms with Crippen molar-refractivity contribution in [2.45, 2.75) is 25.7 Å². The van der Waals surface area contributed by atoms with Crippen LogP contribution in [0.4, 0.5) is 34.6 Å². The molecule has 10 heteroatoms. The molecule has 2 fully saturated rings. The number of aromatic nitrogens is 2. The summed E-state index contributed by atoms with van der Waals surface area (Å²) in [6, 6.07) is 9.18. The molecule has 3 N–H and O–H groups in total. The van der Waals surface area contributed by atoms with Crippen molar-refractivity contribution >= 4 is 34.6 Å². The zero-order valence-corrected chi connectivity index (χ0v) is 20.0. The number of rotatable bonds is 10. The van der Waals surface area contributed by atoms with Crippen molar-refractivity contribution in [1.82, 2.24) is 9.97 Å². The van der Waals surface area contributed by atoms with E-state index in [4.69, 9.17) is 14.7 Å². The Balaban J connectivity index is 1.21. The van der Waals surface area contributed by atoms with Crippen LogP contribution in [0.2, 0.25) is 0 Å². The van der Waals surface area contributed by atoms with Gasteiger partial charge in [0.1, 0.15) is 28.8 Å². The van der Waals surface area contributed by atoms with E-state index in [2.05, 4.69) is 25.8 Å². The standard InChI is InChI=1S/C25H31N7O3/c1-35-18-8-6-17(7-9-18)28-22-21(23(33)24(22)34)27-11-10-26-19-16-20(31-12-2-3-13-31)30-25(29-19)32-14-4-5-15-32/h6-9,16,27-28H,2-5,10-15H2,1H3,(H,26,29,30). The minimum atomic E-state index is -0.516. The first-order valence-electron chi connectivity index (χ1n) is 12.2. The number of methoxy groups -OCH3 is 1. The summed E-state index contributed by atoms with van der Waals surface area (Å²) in [5.41, 5.74) is 0.290. The minimum absolute atomic E-state index is 0.287. The Morgan fingerprint density at radius 2 is 1.46 bits per heavy atom. The van der Waals surface area contributed by atoms with Crippen LogP contribution in [-0.2, 0) is 0 Å². The van der Waals surface area contributed by atoms with Crippen LogP contribution in [0, 0.1) is 0 Å². The van der Waals surface area contributed by atoms with E-state index in [1.54, 1.807) is 31.4 Å². The molecule has 0 saturated carbocycles. The summed E-state index contributed by atoms with van der Waals surface area (Å²) in [6.45, 7) is 5.01. The van der Waals surface area contributed by atoms with Gasteiger partial charge < -0.3 is 30.5 Å². The van der Waals surface area contributed by atoms with Crippen LogP contribution in [0.25, 0.3) is 0 Å². The fraction of sp³-hybridized carbons (Fsp3) is 0.440. The van der Waals surface area contributed by atoms with Gasteiger partial charge in [-0.1, -0.05) is 0 Å². The van der Waals surface area contributed by atoms with Gasteiger partial charge >= 0.3 is 0 Å². The highest BCUT2D eigenvalue weighted by Crippen LogP contribution is 2.26. The Bertz CT molecular complexity index is 1190. The first-order chi connectivity index (χ1) is 17.1. The van der Waals surface area contributed by atoms with Crippen LogP contribution in [0.5, 0.6) is 5.75 Å². The number of anilines is 6. The summed E-state index contributed by atoms with van der Waals surface area (Å²) in [7, 11) is 1.59. The van der Waals surface area contributed by atoms with Crippen LogP contribution < -0.4 is 41.3 Å². The van der Waals surface area contributed by atoms with Crippen molar-refractivity contribution in [2.75, 3.05) is 72.1 Å². The van der Waals surface area contributed by atoms with Gasteiger partial charge in [-0.2, -0.15) is 9.97 Å². The van der Waals surface area contributed by atoms with Gasteiger partial charge in [0.2, 0.25) is 5.95 Å². The van der Waals surface area contributed by atoms with Crippen LogP contribution in [0.3, 0.4) is 0 Å². The van der Waals surface area contributed by atoms with Crippen LogP contribution in [0.1, 0.15) is 25.7 Å². The first kappa shape index (κ1) is 22.9. The third-order valence-corrected chi connectivity index (χ3v) is 6.52. The summed E-state index contributed by atoms with van der Waals surface area (Å²) in [5, 5.41) is 9.49. The molecule has 2 aromatic carbocycles. The second-order valence-corrected chi connectivity index (χ2v) is 8.91. The highest BCUT2D eigenvalue weighted by Gasteiger charge is 2.22. The number of nitrogens with one attached hydrogen (secondary N) is 3. The number of hydrogen-bond donors (Lipinski definition) is 3. The predicted octanol–water partition coefficient (Wildman–Crippen LogP) is 2.55. The highest BCUT2D eigenvalue weighted by molar-refractivity contribution is 5.78. The monoisotopic (exact) mass is 477 g/mol. The largest absolute Gasteiger partial charge is 0.497 e. The molecule has 0 amide bonds. The van der Waals surface area contributed by atoms with Crippen molar-refractivity contribution in [3.05, 3.63) is 50.8 Å². The van der Waals surface area contributed by atoms with Crippen molar-refractivity contribution in [1.29, 1.82) is 0 Å². The maximum Gasteiger partial charge on any atom is 0.253 e. The molecule has 5 rings (SSSR count). The van der Waals surface area contributed by atoms with Crippen molar-refractivity contribution in [3.63, 3.8) is 0 Å². The maximum atomic E-state index is 12.1. The molecule has 1 aromatic heterocycles. The molecular weight excluding hydrogens is 446 g/mol. The van der Waals surface area contributed by atoms with E-state index in [9.17, 15) is 9.59 Å². The Morgan fingerprint density at radius 3 is 2.14 bits per heavy atom. The third kappa shape index (κ3) is 5.01. The van der Waals surface area contributed by atoms with Gasteiger partial charge in [0.25, 0.3) is 10.9 Å². The van der Waals surface area contributed by atoms with E-state index >= 15 is 0 Å². The summed E-state index contributed by atoms with van der Waals surface area (Å²) in [5.74, 6) is 3.22. The summed E-state index contributed by atoms with van der Waals surface area (Å²) >= 11 is 0. The lowest BCUT2D eigenvalue weighted by Gasteiger charge is -2.22. The lowest BCUT2D eigenvalue weighted by Crippen LogP contribution is -2.37. The lowest BCUT2D eigenvalue weighted by atomic mass is 10.1. The van der Waals surface area contributed by atoms with Crippen molar-refractivity contribution in [3.8, 4) is 5.75 Å². The van der Waals surface area contributed by atoms with E-state index in [0.717, 1.165) is 49.5 Å². The fourth-order valence-electron chi connectivity index (χ4n) is 4.56. The molecule has 184 valence electrons. The van der Waals surface area contributed by atoms with Gasteiger partial charge in [0.15, 0.2) is 0 Å². The van der Waals surface area contributed by atoms with Gasteiger partial charge in [-0.15, -0.1) is 0 Å². The zero-order chi connectivity index (χ0) is 24.2. The molecule has 3 heterocycles. The topological polar surface area (TPSA) is 112 Å². The predicted molar refractivity (Wildman–Crippen MR) is 140 cm³/mol. The fourth-order valence-corrected chi connectivity index (χ4v) is 4.56. The number of benzene rings is 1. The van der Waals surface area contributed by atoms with Crippen molar-refractivity contribution < 1.29 is 4.74 Å². The highest BCUT2D eigenvalue weighted by atomic mass is 16.5. The average Bonchev–Trinajstić information content (AvgIpc) is 3.63. The number of hydrogen-bond acceptors (Lipinski definition) is 10. The molecule has 0 aliphatic carbocycles. The molecule has 2 aliphatic heterocycles. The summed E-state index contributed by atoms with van der Waals surface area (Å²) in [6.07, 6.45) is 4.70. The number of ether oxygens (including phenoxy) is 1. The van der Waals surface area contributed by atoms with E-state index in [1.807, 2.05) is 6.07 Å². The van der Waals surface area contributed by atoms with E-state index in [0.29, 0.717) is 24.5 Å². The molecule has 35 heavy (non-hydrogen) atoms. The Labute approximate surface area is 204 Å². The normalized spacial score (nSPS) is 15.6. The summed E-state index contributed by atoms with van der Waals surface area (Å²) in [4.78, 5) is 38.4. The molecule has 2 saturated heterocycles. The quantitative estimate of drug-likeness (QED) is 0.297. The Kier molecular flexibility index (Phi) is 6.69. The zero-order valence-electron chi connectivity index (χ0n) is 20.0. The smallest absolute Gasteiger partial charge is 0.253 e. The van der Waals surface area contributed by atoms with Gasteiger partial charge in [-0.3, -0.25) is 9.59 Å². The summed E-state index contributed by atoms with van der Waals surface area (Å²) < 4.78 is 5.15. The molecule has 3 aromatic rings. The molecule has 10 nitrogen and oxygen atoms in total. The van der Waals surface area contributed by atoms with E-state index in [-0.39, 0.29) is 5.69 Å². The van der Waals surface area contributed by atoms with Crippen LogP contribution in [-0.4, -0.2) is 56.3 Å². The molecule has 0 radical (unpaired) electrons. The van der Waals surface area contributed by atoms with E-state index in [1.165, 1.54) is 25.7 Å². The Morgan fingerprint density at radius 1 is 0.829 bits per heavy atom. The molecule has 0 spiro atoms. The van der Waals surface area contributed by atoms with Crippen molar-refractivity contribution in [2.24, 2.45) is 0 Å². The number of nitrogens with zero attached hydrogens (tertiary/aromatic N) is 4. The Hall–Kier alpha value is -3.82. The average molecular weight is 478 g/mol.